The summed E-state index contributed by atoms with van der Waals surface area (Å²) in [4.78, 5) is 27.4. The van der Waals surface area contributed by atoms with E-state index >= 15 is 0 Å². The fourth-order valence-electron chi connectivity index (χ4n) is 3.11. The number of nitrogens with one attached hydrogen (secondary N) is 1. The maximum absolute atomic E-state index is 13.1. The summed E-state index contributed by atoms with van der Waals surface area (Å²) in [5, 5.41) is 4.18. The quantitative estimate of drug-likeness (QED) is 0.602. The van der Waals surface area contributed by atoms with Crippen molar-refractivity contribution in [2.24, 2.45) is 0 Å². The average Bonchev–Trinajstić information content (AvgIpc) is 2.66. The van der Waals surface area contributed by atoms with Crippen LogP contribution in [0.1, 0.15) is 44.4 Å². The van der Waals surface area contributed by atoms with E-state index in [2.05, 4.69) is 5.32 Å². The first-order valence-electron chi connectivity index (χ1n) is 10.1. The van der Waals surface area contributed by atoms with Crippen molar-refractivity contribution >= 4 is 35.0 Å². The molecule has 0 fully saturated rings. The highest BCUT2D eigenvalue weighted by Gasteiger charge is 2.28. The van der Waals surface area contributed by atoms with Crippen molar-refractivity contribution in [2.75, 3.05) is 6.61 Å². The number of ether oxygens (including phenoxy) is 1. The molecule has 0 aliphatic carbocycles. The largest absolute Gasteiger partial charge is 0.484 e. The summed E-state index contributed by atoms with van der Waals surface area (Å²) < 4.78 is 5.75. The summed E-state index contributed by atoms with van der Waals surface area (Å²) in [7, 11) is 0. The summed E-state index contributed by atoms with van der Waals surface area (Å²) in [6.07, 6.45) is 0. The Hall–Kier alpha value is -2.24. The van der Waals surface area contributed by atoms with Crippen LogP contribution in [-0.4, -0.2) is 34.9 Å². The lowest BCUT2D eigenvalue weighted by atomic mass is 10.1. The highest BCUT2D eigenvalue weighted by molar-refractivity contribution is 6.32. The highest BCUT2D eigenvalue weighted by Crippen LogP contribution is 2.26. The Morgan fingerprint density at radius 1 is 1.10 bits per heavy atom. The van der Waals surface area contributed by atoms with Crippen LogP contribution < -0.4 is 10.1 Å². The van der Waals surface area contributed by atoms with Crippen LogP contribution in [-0.2, 0) is 16.1 Å². The molecule has 2 aromatic carbocycles. The Bertz CT molecular complexity index is 931. The number of amides is 2. The zero-order valence-corrected chi connectivity index (χ0v) is 20.4. The van der Waals surface area contributed by atoms with Gasteiger partial charge in [-0.1, -0.05) is 35.3 Å². The lowest BCUT2D eigenvalue weighted by molar-refractivity contribution is -0.142. The first-order chi connectivity index (χ1) is 14.4. The van der Waals surface area contributed by atoms with Crippen LogP contribution in [0.15, 0.2) is 36.4 Å². The number of carbonyl (C=O) groups excluding carboxylic acids is 2. The Kier molecular flexibility index (Phi) is 8.38. The molecule has 0 aromatic heterocycles. The SMILES string of the molecule is Cc1cc(OCC(=O)N(Cc2cccc(Cl)c2)[C@H](C)C(=O)NC(C)(C)C)cc(C)c1Cl. The van der Waals surface area contributed by atoms with E-state index in [-0.39, 0.29) is 25.0 Å². The van der Waals surface area contributed by atoms with E-state index < -0.39 is 11.6 Å². The van der Waals surface area contributed by atoms with E-state index in [1.165, 1.54) is 4.90 Å². The van der Waals surface area contributed by atoms with Crippen LogP contribution in [0.2, 0.25) is 10.0 Å². The van der Waals surface area contributed by atoms with E-state index in [9.17, 15) is 9.59 Å². The molecule has 1 N–H and O–H groups in total. The van der Waals surface area contributed by atoms with Gasteiger partial charge < -0.3 is 15.0 Å². The first-order valence-corrected chi connectivity index (χ1v) is 10.9. The number of halogens is 2. The summed E-state index contributed by atoms with van der Waals surface area (Å²) in [6, 6.07) is 10.1. The summed E-state index contributed by atoms with van der Waals surface area (Å²) in [5.74, 6) is 0.0186. The fraction of sp³-hybridized carbons (Fsp3) is 0.417. The van der Waals surface area contributed by atoms with E-state index in [1.54, 1.807) is 31.2 Å². The predicted octanol–water partition coefficient (Wildman–Crippen LogP) is 5.32. The molecule has 0 saturated carbocycles. The Morgan fingerprint density at radius 3 is 2.26 bits per heavy atom. The molecule has 2 amide bonds. The van der Waals surface area contributed by atoms with Gasteiger partial charge in [0.15, 0.2) is 6.61 Å². The maximum atomic E-state index is 13.1. The van der Waals surface area contributed by atoms with Crippen molar-refractivity contribution < 1.29 is 14.3 Å². The average molecular weight is 465 g/mol. The third-order valence-electron chi connectivity index (χ3n) is 4.68. The Balaban J connectivity index is 2.21. The van der Waals surface area contributed by atoms with Gasteiger partial charge >= 0.3 is 0 Å². The van der Waals surface area contributed by atoms with Gasteiger partial charge in [0.2, 0.25) is 5.91 Å². The van der Waals surface area contributed by atoms with Gasteiger partial charge in [-0.05, 0) is 82.5 Å². The van der Waals surface area contributed by atoms with Gasteiger partial charge in [-0.3, -0.25) is 9.59 Å². The number of benzene rings is 2. The van der Waals surface area contributed by atoms with E-state index in [1.807, 2.05) is 46.8 Å². The van der Waals surface area contributed by atoms with Crippen LogP contribution in [0, 0.1) is 13.8 Å². The summed E-state index contributed by atoms with van der Waals surface area (Å²) in [6.45, 7) is 11.2. The van der Waals surface area contributed by atoms with Gasteiger partial charge in [0.05, 0.1) is 0 Å². The van der Waals surface area contributed by atoms with Crippen molar-refractivity contribution in [1.82, 2.24) is 10.2 Å². The van der Waals surface area contributed by atoms with Crippen LogP contribution in [0.4, 0.5) is 0 Å². The van der Waals surface area contributed by atoms with Gasteiger partial charge in [-0.25, -0.2) is 0 Å². The minimum absolute atomic E-state index is 0.200. The molecule has 2 rings (SSSR count). The van der Waals surface area contributed by atoms with Gasteiger partial charge in [-0.15, -0.1) is 0 Å². The molecule has 2 aromatic rings. The molecule has 0 aliphatic rings. The molecule has 168 valence electrons. The van der Waals surface area contributed by atoms with Gasteiger partial charge in [0.25, 0.3) is 5.91 Å². The molecule has 0 heterocycles. The number of carbonyl (C=O) groups is 2. The second-order valence-corrected chi connectivity index (χ2v) is 9.54. The lowest BCUT2D eigenvalue weighted by Gasteiger charge is -2.31. The van der Waals surface area contributed by atoms with Crippen molar-refractivity contribution in [3.63, 3.8) is 0 Å². The molecule has 0 spiro atoms. The molecule has 7 heteroatoms. The van der Waals surface area contributed by atoms with Gasteiger partial charge in [-0.2, -0.15) is 0 Å². The van der Waals surface area contributed by atoms with Crippen molar-refractivity contribution in [3.05, 3.63) is 63.1 Å². The maximum Gasteiger partial charge on any atom is 0.261 e. The molecule has 0 aliphatic heterocycles. The van der Waals surface area contributed by atoms with Crippen molar-refractivity contribution in [3.8, 4) is 5.75 Å². The van der Waals surface area contributed by atoms with Gasteiger partial charge in [0.1, 0.15) is 11.8 Å². The zero-order valence-electron chi connectivity index (χ0n) is 18.9. The Morgan fingerprint density at radius 2 is 1.71 bits per heavy atom. The fourth-order valence-corrected chi connectivity index (χ4v) is 3.43. The van der Waals surface area contributed by atoms with Crippen molar-refractivity contribution in [2.45, 2.75) is 59.7 Å². The van der Waals surface area contributed by atoms with Gasteiger partial charge in [0, 0.05) is 22.1 Å². The number of rotatable bonds is 7. The molecule has 0 saturated heterocycles. The molecule has 0 unspecified atom stereocenters. The molecule has 5 nitrogen and oxygen atoms in total. The molecular weight excluding hydrogens is 435 g/mol. The van der Waals surface area contributed by atoms with Crippen LogP contribution in [0.5, 0.6) is 5.75 Å². The normalized spacial score (nSPS) is 12.3. The number of hydrogen-bond acceptors (Lipinski definition) is 3. The third kappa shape index (κ3) is 7.44. The smallest absolute Gasteiger partial charge is 0.261 e. The molecule has 0 bridgehead atoms. The predicted molar refractivity (Wildman–Crippen MR) is 126 cm³/mol. The van der Waals surface area contributed by atoms with E-state index in [0.29, 0.717) is 15.8 Å². The number of nitrogens with zero attached hydrogens (tertiary/aromatic N) is 1. The molecular formula is C24H30Cl2N2O3. The van der Waals surface area contributed by atoms with Crippen molar-refractivity contribution in [1.29, 1.82) is 0 Å². The first kappa shape index (κ1) is 25.0. The summed E-state index contributed by atoms with van der Waals surface area (Å²) in [5.41, 5.74) is 2.16. The highest BCUT2D eigenvalue weighted by atomic mass is 35.5. The minimum Gasteiger partial charge on any atom is -0.484 e. The second kappa shape index (κ2) is 10.4. The minimum atomic E-state index is -0.692. The third-order valence-corrected chi connectivity index (χ3v) is 5.51. The van der Waals surface area contributed by atoms with Crippen LogP contribution in [0.3, 0.4) is 0 Å². The molecule has 0 radical (unpaired) electrons. The zero-order chi connectivity index (χ0) is 23.3. The van der Waals surface area contributed by atoms with E-state index in [4.69, 9.17) is 27.9 Å². The Labute approximate surface area is 194 Å². The monoisotopic (exact) mass is 464 g/mol. The van der Waals surface area contributed by atoms with Crippen LogP contribution >= 0.6 is 23.2 Å². The molecule has 31 heavy (non-hydrogen) atoms. The van der Waals surface area contributed by atoms with Crippen LogP contribution in [0.25, 0.3) is 0 Å². The lowest BCUT2D eigenvalue weighted by Crippen LogP contribution is -2.53. The second-order valence-electron chi connectivity index (χ2n) is 8.73. The summed E-state index contributed by atoms with van der Waals surface area (Å²) >= 11 is 12.3. The standard InChI is InChI=1S/C24H30Cl2N2O3/c1-15-10-20(11-16(2)22(15)26)31-14-21(29)28(13-18-8-7-9-19(25)12-18)17(3)23(30)27-24(4,5)6/h7-12,17H,13-14H2,1-6H3,(H,27,30)/t17-/m1/s1. The van der Waals surface area contributed by atoms with E-state index in [0.717, 1.165) is 16.7 Å². The molecule has 1 atom stereocenters. The number of aryl methyl sites for hydroxylation is 2. The number of hydrogen-bond donors (Lipinski definition) is 1. The topological polar surface area (TPSA) is 58.6 Å².